The molecule has 59 heavy (non-hydrogen) atoms. The molecule has 4 aliphatic rings. The molecule has 0 spiro atoms. The Labute approximate surface area is 342 Å². The van der Waals surface area contributed by atoms with Gasteiger partial charge in [-0.2, -0.15) is 9.57 Å². The Bertz CT molecular complexity index is 2180. The molecule has 2 N–H and O–H groups in total. The summed E-state index contributed by atoms with van der Waals surface area (Å²) in [6.07, 6.45) is 5.63. The van der Waals surface area contributed by atoms with Crippen LogP contribution in [0.5, 0.6) is 5.75 Å². The molecule has 1 unspecified atom stereocenters. The second kappa shape index (κ2) is 19.3. The van der Waals surface area contributed by atoms with Gasteiger partial charge in [0.25, 0.3) is 11.8 Å². The normalized spacial score (nSPS) is 21.7. The fraction of sp³-hybridized carbons (Fsp3) is 0.525. The highest BCUT2D eigenvalue weighted by Crippen LogP contribution is 2.31. The Hall–Kier alpha value is -5.10. The van der Waals surface area contributed by atoms with Gasteiger partial charge in [-0.15, -0.1) is 0 Å². The molecule has 1 atom stereocenters. The van der Waals surface area contributed by atoms with Crippen molar-refractivity contribution in [1.29, 1.82) is 5.26 Å². The van der Waals surface area contributed by atoms with Gasteiger partial charge in [-0.25, -0.2) is 18.4 Å². The van der Waals surface area contributed by atoms with Crippen molar-refractivity contribution in [1.82, 2.24) is 29.4 Å². The highest BCUT2D eigenvalue weighted by molar-refractivity contribution is 7.89. The lowest BCUT2D eigenvalue weighted by atomic mass is 9.89. The lowest BCUT2D eigenvalue weighted by Crippen LogP contribution is -2.54. The van der Waals surface area contributed by atoms with Crippen LogP contribution in [0.1, 0.15) is 64.8 Å². The van der Waals surface area contributed by atoms with Crippen LogP contribution in [-0.2, 0) is 33.8 Å². The summed E-state index contributed by atoms with van der Waals surface area (Å²) < 4.78 is 49.9. The number of nitrogens with one attached hydrogen (secondary N) is 2. The number of nitrogens with zero attached hydrogens (tertiary/aromatic N) is 6. The smallest absolute Gasteiger partial charge is 0.262 e. The number of nitriles is 1. The Morgan fingerprint density at radius 3 is 2.20 bits per heavy atom. The SMILES string of the molecule is N#Cc1ccc2ncnc(N[C@H]3CC[C@H](N4CCN(S(=O)(=O)CCOCCOCCOCCOc5ccc6c(c5)C(=O)N(C5CCC(=O)NC5=O)C6=O)CC4)CC3)c2c1. The molecule has 2 aromatic carbocycles. The molecule has 0 bridgehead atoms. The van der Waals surface area contributed by atoms with Crippen molar-refractivity contribution >= 4 is 50.4 Å². The topological polar surface area (TPSA) is 223 Å². The first kappa shape index (κ1) is 42.0. The van der Waals surface area contributed by atoms with Crippen LogP contribution in [0.2, 0.25) is 0 Å². The van der Waals surface area contributed by atoms with E-state index >= 15 is 0 Å². The van der Waals surface area contributed by atoms with Gasteiger partial charge in [0, 0.05) is 50.1 Å². The number of ether oxygens (including phenoxy) is 4. The lowest BCUT2D eigenvalue weighted by molar-refractivity contribution is -0.136. The average molecular weight is 833 g/mol. The molecule has 1 aromatic heterocycles. The third kappa shape index (κ3) is 10.2. The number of sulfonamides is 1. The summed E-state index contributed by atoms with van der Waals surface area (Å²) >= 11 is 0. The summed E-state index contributed by atoms with van der Waals surface area (Å²) in [4.78, 5) is 61.7. The van der Waals surface area contributed by atoms with E-state index in [2.05, 4.69) is 31.6 Å². The zero-order valence-corrected chi connectivity index (χ0v) is 33.5. The number of anilines is 1. The third-order valence-corrected chi connectivity index (χ3v) is 13.0. The number of benzene rings is 2. The molecule has 0 radical (unpaired) electrons. The van der Waals surface area contributed by atoms with Crippen LogP contribution in [-0.4, -0.2) is 152 Å². The molecule has 18 nitrogen and oxygen atoms in total. The number of piperazine rings is 1. The van der Waals surface area contributed by atoms with Gasteiger partial charge in [0.1, 0.15) is 30.5 Å². The van der Waals surface area contributed by atoms with E-state index in [-0.39, 0.29) is 68.8 Å². The molecule has 19 heteroatoms. The second-order valence-corrected chi connectivity index (χ2v) is 16.9. The maximum absolute atomic E-state index is 13.0. The number of imide groups is 2. The summed E-state index contributed by atoms with van der Waals surface area (Å²) in [5, 5.41) is 15.9. The van der Waals surface area contributed by atoms with Crippen LogP contribution >= 0.6 is 0 Å². The first-order valence-corrected chi connectivity index (χ1v) is 21.6. The molecular weight excluding hydrogens is 785 g/mol. The quantitative estimate of drug-likeness (QED) is 0.138. The average Bonchev–Trinajstić information content (AvgIpc) is 3.49. The van der Waals surface area contributed by atoms with Crippen molar-refractivity contribution < 1.29 is 46.5 Å². The zero-order chi connectivity index (χ0) is 41.4. The Morgan fingerprint density at radius 2 is 1.49 bits per heavy atom. The summed E-state index contributed by atoms with van der Waals surface area (Å²) in [6.45, 7) is 3.95. The van der Waals surface area contributed by atoms with Crippen LogP contribution in [0, 0.1) is 11.3 Å². The summed E-state index contributed by atoms with van der Waals surface area (Å²) in [5.41, 5.74) is 1.68. The molecule has 314 valence electrons. The van der Waals surface area contributed by atoms with Crippen molar-refractivity contribution in [3.63, 3.8) is 0 Å². The molecule has 4 heterocycles. The van der Waals surface area contributed by atoms with E-state index in [1.165, 1.54) is 12.1 Å². The number of rotatable bonds is 18. The van der Waals surface area contributed by atoms with Crippen LogP contribution in [0.15, 0.2) is 42.7 Å². The van der Waals surface area contributed by atoms with Crippen LogP contribution in [0.3, 0.4) is 0 Å². The lowest BCUT2D eigenvalue weighted by Gasteiger charge is -2.41. The summed E-state index contributed by atoms with van der Waals surface area (Å²) in [7, 11) is -3.45. The van der Waals surface area contributed by atoms with Crippen LogP contribution in [0.4, 0.5) is 5.82 Å². The molecule has 1 aliphatic carbocycles. The number of hydrogen-bond acceptors (Lipinski definition) is 15. The van der Waals surface area contributed by atoms with Gasteiger partial charge < -0.3 is 24.3 Å². The largest absolute Gasteiger partial charge is 0.491 e. The van der Waals surface area contributed by atoms with E-state index in [4.69, 9.17) is 18.9 Å². The monoisotopic (exact) mass is 832 g/mol. The van der Waals surface area contributed by atoms with E-state index in [0.717, 1.165) is 47.3 Å². The molecule has 1 saturated carbocycles. The molecule has 4 amide bonds. The molecule has 3 aliphatic heterocycles. The summed E-state index contributed by atoms with van der Waals surface area (Å²) in [6, 6.07) is 11.7. The number of fused-ring (bicyclic) bond motifs is 2. The number of amides is 4. The van der Waals surface area contributed by atoms with E-state index in [1.54, 1.807) is 22.8 Å². The molecular formula is C40H48N8O10S. The number of hydrogen-bond donors (Lipinski definition) is 2. The van der Waals surface area contributed by atoms with Gasteiger partial charge in [0.05, 0.1) is 73.7 Å². The Kier molecular flexibility index (Phi) is 13.8. The molecule has 3 aromatic rings. The first-order chi connectivity index (χ1) is 28.6. The van der Waals surface area contributed by atoms with E-state index < -0.39 is 39.7 Å². The van der Waals surface area contributed by atoms with Crippen molar-refractivity contribution in [3.05, 3.63) is 59.4 Å². The highest BCUT2D eigenvalue weighted by Gasteiger charge is 2.44. The zero-order valence-electron chi connectivity index (χ0n) is 32.7. The maximum Gasteiger partial charge on any atom is 0.262 e. The van der Waals surface area contributed by atoms with E-state index in [1.807, 2.05) is 12.1 Å². The Morgan fingerprint density at radius 1 is 0.797 bits per heavy atom. The number of aromatic nitrogens is 2. The van der Waals surface area contributed by atoms with Crippen molar-refractivity contribution in [2.24, 2.45) is 0 Å². The molecule has 2 saturated heterocycles. The van der Waals surface area contributed by atoms with Crippen molar-refractivity contribution in [2.75, 3.05) is 83.5 Å². The number of piperidine rings is 1. The minimum atomic E-state index is -3.45. The van der Waals surface area contributed by atoms with Gasteiger partial charge in [0.15, 0.2) is 0 Å². The molecule has 3 fully saturated rings. The van der Waals surface area contributed by atoms with Crippen molar-refractivity contribution in [2.45, 2.75) is 56.7 Å². The highest BCUT2D eigenvalue weighted by atomic mass is 32.2. The second-order valence-electron chi connectivity index (χ2n) is 14.8. The first-order valence-electron chi connectivity index (χ1n) is 20.0. The van der Waals surface area contributed by atoms with Gasteiger partial charge in [0.2, 0.25) is 21.8 Å². The van der Waals surface area contributed by atoms with Crippen LogP contribution < -0.4 is 15.4 Å². The van der Waals surface area contributed by atoms with Gasteiger partial charge >= 0.3 is 0 Å². The van der Waals surface area contributed by atoms with Gasteiger partial charge in [-0.05, 0) is 68.5 Å². The third-order valence-electron chi connectivity index (χ3n) is 11.1. The van der Waals surface area contributed by atoms with Gasteiger partial charge in [-0.1, -0.05) is 0 Å². The predicted octanol–water partition coefficient (Wildman–Crippen LogP) is 1.70. The van der Waals surface area contributed by atoms with E-state index in [0.29, 0.717) is 56.7 Å². The number of carbonyl (C=O) groups is 4. The number of carbonyl (C=O) groups excluding carboxylic acids is 4. The summed E-state index contributed by atoms with van der Waals surface area (Å²) in [5.74, 6) is -1.26. The van der Waals surface area contributed by atoms with E-state index in [9.17, 15) is 32.9 Å². The minimum absolute atomic E-state index is 0.0470. The van der Waals surface area contributed by atoms with Crippen molar-refractivity contribution in [3.8, 4) is 11.8 Å². The predicted molar refractivity (Wildman–Crippen MR) is 212 cm³/mol. The minimum Gasteiger partial charge on any atom is -0.491 e. The van der Waals surface area contributed by atoms with Crippen LogP contribution in [0.25, 0.3) is 10.9 Å². The Balaban J connectivity index is 0.709. The fourth-order valence-corrected chi connectivity index (χ4v) is 9.27. The maximum atomic E-state index is 13.0. The van der Waals surface area contributed by atoms with Gasteiger partial charge in [-0.3, -0.25) is 34.3 Å². The fourth-order valence-electron chi connectivity index (χ4n) is 7.96. The standard InChI is InChI=1S/C40H48N8O10S/c41-25-27-1-8-34-33(23-27)37(43-26-42-34)44-28-2-4-29(5-3-28)46-11-13-47(14-12-46)59(53,54)22-21-57-18-17-55-15-16-56-19-20-58-30-6-7-31-32(24-30)40(52)48(39(31)51)35-9-10-36(49)45-38(35)50/h1,6-8,23-24,26,28-29,35H,2-5,9-22H2,(H,42,43,44)(H,45,49,50)/t28-,29-,35?. The molecule has 7 rings (SSSR count).